The Hall–Kier alpha value is -2.61. The van der Waals surface area contributed by atoms with Crippen molar-refractivity contribution in [2.75, 3.05) is 23.3 Å². The molecule has 0 bridgehead atoms. The predicted molar refractivity (Wildman–Crippen MR) is 97.3 cm³/mol. The van der Waals surface area contributed by atoms with Crippen LogP contribution < -0.4 is 10.2 Å². The maximum absolute atomic E-state index is 13.8. The number of aromatic nitrogens is 2. The third-order valence-corrected chi connectivity index (χ3v) is 5.36. The van der Waals surface area contributed by atoms with Crippen molar-refractivity contribution in [3.8, 4) is 0 Å². The van der Waals surface area contributed by atoms with Gasteiger partial charge in [-0.2, -0.15) is 0 Å². The number of anilines is 2. The zero-order valence-electron chi connectivity index (χ0n) is 13.8. The van der Waals surface area contributed by atoms with Crippen LogP contribution in [0.1, 0.15) is 12.8 Å². The number of piperidine rings is 1. The predicted octanol–water partition coefficient (Wildman–Crippen LogP) is 3.82. The molecule has 2 aromatic heterocycles. The summed E-state index contributed by atoms with van der Waals surface area (Å²) in [4.78, 5) is 23.0. The second kappa shape index (κ2) is 6.95. The zero-order valence-corrected chi connectivity index (χ0v) is 14.6. The van der Waals surface area contributed by atoms with Gasteiger partial charge >= 0.3 is 0 Å². The summed E-state index contributed by atoms with van der Waals surface area (Å²) in [5, 5.41) is 3.04. The van der Waals surface area contributed by atoms with E-state index in [2.05, 4.69) is 20.2 Å². The molecule has 0 radical (unpaired) electrons. The van der Waals surface area contributed by atoms with Crippen LogP contribution >= 0.6 is 11.3 Å². The maximum atomic E-state index is 13.8. The molecule has 1 aliphatic heterocycles. The van der Waals surface area contributed by atoms with Gasteiger partial charge in [0.2, 0.25) is 5.91 Å². The molecule has 8 heteroatoms. The van der Waals surface area contributed by atoms with Gasteiger partial charge in [0, 0.05) is 25.4 Å². The number of halogens is 2. The van der Waals surface area contributed by atoms with Gasteiger partial charge in [-0.3, -0.25) is 9.78 Å². The first kappa shape index (κ1) is 16.8. The summed E-state index contributed by atoms with van der Waals surface area (Å²) in [7, 11) is 0. The lowest BCUT2D eigenvalue weighted by Gasteiger charge is -2.33. The number of amides is 1. The summed E-state index contributed by atoms with van der Waals surface area (Å²) in [6.45, 7) is 1.46. The Balaban J connectivity index is 1.48. The molecule has 1 aliphatic rings. The van der Waals surface area contributed by atoms with Gasteiger partial charge in [0.15, 0.2) is 10.9 Å². The highest BCUT2D eigenvalue weighted by molar-refractivity contribution is 7.22. The highest BCUT2D eigenvalue weighted by atomic mass is 32.1. The van der Waals surface area contributed by atoms with E-state index in [1.807, 2.05) is 12.1 Å². The molecule has 0 spiro atoms. The second-order valence-electron chi connectivity index (χ2n) is 6.24. The summed E-state index contributed by atoms with van der Waals surface area (Å²) in [6, 6.07) is 5.85. The number of nitrogens with one attached hydrogen (secondary N) is 1. The van der Waals surface area contributed by atoms with Gasteiger partial charge in [-0.15, -0.1) is 0 Å². The van der Waals surface area contributed by atoms with E-state index in [-0.39, 0.29) is 22.5 Å². The van der Waals surface area contributed by atoms with E-state index < -0.39 is 11.6 Å². The molecule has 1 unspecified atom stereocenters. The quantitative estimate of drug-likeness (QED) is 0.757. The molecule has 5 nitrogen and oxygen atoms in total. The normalized spacial score (nSPS) is 17.5. The van der Waals surface area contributed by atoms with Gasteiger partial charge in [0.1, 0.15) is 11.3 Å². The number of hydrogen-bond donors (Lipinski definition) is 1. The number of nitrogens with zero attached hydrogens (tertiary/aromatic N) is 3. The number of benzene rings is 1. The van der Waals surface area contributed by atoms with Crippen LogP contribution in [-0.2, 0) is 4.79 Å². The average Bonchev–Trinajstić information content (AvgIpc) is 3.05. The van der Waals surface area contributed by atoms with Crippen molar-refractivity contribution in [3.63, 3.8) is 0 Å². The minimum absolute atomic E-state index is 0.0762. The van der Waals surface area contributed by atoms with E-state index in [1.54, 1.807) is 12.4 Å². The number of carbonyl (C=O) groups is 1. The van der Waals surface area contributed by atoms with Crippen LogP contribution in [0.5, 0.6) is 0 Å². The fourth-order valence-electron chi connectivity index (χ4n) is 3.18. The van der Waals surface area contributed by atoms with Gasteiger partial charge in [0.05, 0.1) is 22.5 Å². The monoisotopic (exact) mass is 374 g/mol. The molecule has 1 saturated heterocycles. The first-order valence-corrected chi connectivity index (χ1v) is 9.13. The lowest BCUT2D eigenvalue weighted by Crippen LogP contribution is -2.40. The van der Waals surface area contributed by atoms with Crippen molar-refractivity contribution in [3.05, 3.63) is 48.3 Å². The number of pyridine rings is 1. The molecule has 4 rings (SSSR count). The van der Waals surface area contributed by atoms with Gasteiger partial charge in [-0.1, -0.05) is 11.3 Å². The van der Waals surface area contributed by atoms with Crippen molar-refractivity contribution in [2.24, 2.45) is 5.92 Å². The molecular formula is C18H16F2N4OS. The largest absolute Gasteiger partial charge is 0.369 e. The molecule has 3 heterocycles. The molecule has 1 amide bonds. The standard InChI is InChI=1S/C18H16F2N4OS/c19-12-7-14(20)16-15(8-12)26-18(22-16)23-17(25)11-3-2-6-24(10-11)13-4-1-5-21-9-13/h1,4-5,7-9,11H,2-3,6,10H2,(H,22,23,25). The molecular weight excluding hydrogens is 358 g/mol. The highest BCUT2D eigenvalue weighted by Crippen LogP contribution is 2.30. The summed E-state index contributed by atoms with van der Waals surface area (Å²) in [6.07, 6.45) is 5.17. The van der Waals surface area contributed by atoms with Gasteiger partial charge in [-0.25, -0.2) is 13.8 Å². The topological polar surface area (TPSA) is 58.1 Å². The van der Waals surface area contributed by atoms with Crippen LogP contribution in [0.15, 0.2) is 36.7 Å². The van der Waals surface area contributed by atoms with Crippen molar-refractivity contribution in [2.45, 2.75) is 12.8 Å². The van der Waals surface area contributed by atoms with Crippen LogP contribution in [0.25, 0.3) is 10.2 Å². The fraction of sp³-hybridized carbons (Fsp3) is 0.278. The van der Waals surface area contributed by atoms with Crippen LogP contribution in [0.3, 0.4) is 0 Å². The van der Waals surface area contributed by atoms with E-state index in [0.717, 1.165) is 42.5 Å². The minimum Gasteiger partial charge on any atom is -0.369 e. The van der Waals surface area contributed by atoms with Crippen LogP contribution in [-0.4, -0.2) is 29.0 Å². The molecule has 1 atom stereocenters. The van der Waals surface area contributed by atoms with Crippen molar-refractivity contribution in [1.29, 1.82) is 0 Å². The fourth-order valence-corrected chi connectivity index (χ4v) is 4.09. The Kier molecular flexibility index (Phi) is 4.50. The van der Waals surface area contributed by atoms with Crippen LogP contribution in [0.2, 0.25) is 0 Å². The number of fused-ring (bicyclic) bond motifs is 1. The Morgan fingerprint density at radius 1 is 1.35 bits per heavy atom. The highest BCUT2D eigenvalue weighted by Gasteiger charge is 2.27. The van der Waals surface area contributed by atoms with E-state index in [9.17, 15) is 13.6 Å². The van der Waals surface area contributed by atoms with Crippen molar-refractivity contribution < 1.29 is 13.6 Å². The summed E-state index contributed by atoms with van der Waals surface area (Å²) in [5.41, 5.74) is 1.06. The van der Waals surface area contributed by atoms with Gasteiger partial charge < -0.3 is 10.2 Å². The van der Waals surface area contributed by atoms with Crippen molar-refractivity contribution in [1.82, 2.24) is 9.97 Å². The van der Waals surface area contributed by atoms with Crippen molar-refractivity contribution >= 4 is 38.3 Å². The molecule has 1 N–H and O–H groups in total. The van der Waals surface area contributed by atoms with Crippen LogP contribution in [0.4, 0.5) is 19.6 Å². The van der Waals surface area contributed by atoms with Gasteiger partial charge in [0.25, 0.3) is 0 Å². The first-order valence-electron chi connectivity index (χ1n) is 8.31. The Morgan fingerprint density at radius 3 is 3.04 bits per heavy atom. The number of rotatable bonds is 3. The first-order chi connectivity index (χ1) is 12.6. The van der Waals surface area contributed by atoms with Crippen LogP contribution in [0, 0.1) is 17.6 Å². The number of carbonyl (C=O) groups excluding carboxylic acids is 1. The lowest BCUT2D eigenvalue weighted by atomic mass is 9.97. The maximum Gasteiger partial charge on any atom is 0.231 e. The van der Waals surface area contributed by atoms with E-state index in [0.29, 0.717) is 11.2 Å². The molecule has 1 fully saturated rings. The van der Waals surface area contributed by atoms with E-state index >= 15 is 0 Å². The molecule has 134 valence electrons. The Labute approximate surface area is 152 Å². The Bertz CT molecular complexity index is 947. The zero-order chi connectivity index (χ0) is 18.1. The third-order valence-electron chi connectivity index (χ3n) is 4.45. The molecule has 3 aromatic rings. The Morgan fingerprint density at radius 2 is 2.23 bits per heavy atom. The van der Waals surface area contributed by atoms with E-state index in [4.69, 9.17) is 0 Å². The average molecular weight is 374 g/mol. The summed E-state index contributed by atoms with van der Waals surface area (Å²) < 4.78 is 27.4. The number of hydrogen-bond acceptors (Lipinski definition) is 5. The second-order valence-corrected chi connectivity index (χ2v) is 7.27. The number of thiazole rings is 1. The molecule has 0 saturated carbocycles. The van der Waals surface area contributed by atoms with E-state index in [1.165, 1.54) is 6.07 Å². The molecule has 26 heavy (non-hydrogen) atoms. The summed E-state index contributed by atoms with van der Waals surface area (Å²) >= 11 is 1.07. The SMILES string of the molecule is O=C(Nc1nc2c(F)cc(F)cc2s1)C1CCCN(c2cccnc2)C1. The molecule has 1 aromatic carbocycles. The summed E-state index contributed by atoms with van der Waals surface area (Å²) in [5.74, 6) is -1.73. The smallest absolute Gasteiger partial charge is 0.231 e. The van der Waals surface area contributed by atoms with Gasteiger partial charge in [-0.05, 0) is 31.0 Å². The molecule has 0 aliphatic carbocycles. The lowest BCUT2D eigenvalue weighted by molar-refractivity contribution is -0.120. The minimum atomic E-state index is -0.725. The third kappa shape index (κ3) is 3.37.